The molecule has 1 heterocycles. The topological polar surface area (TPSA) is 12.5 Å². The predicted molar refractivity (Wildman–Crippen MR) is 115 cm³/mol. The number of hydrogen-bond acceptors (Lipinski definition) is 2. The first-order valence-corrected chi connectivity index (χ1v) is 10.3. The highest BCUT2D eigenvalue weighted by Crippen LogP contribution is 2.53. The number of rotatable bonds is 7. The van der Waals surface area contributed by atoms with Gasteiger partial charge in [0.2, 0.25) is 0 Å². The maximum absolute atomic E-state index is 6.59. The molecule has 0 unspecified atom stereocenters. The summed E-state index contributed by atoms with van der Waals surface area (Å²) in [6, 6.07) is 19.5. The zero-order chi connectivity index (χ0) is 17.8. The van der Waals surface area contributed by atoms with Crippen molar-refractivity contribution < 1.29 is 4.74 Å². The van der Waals surface area contributed by atoms with E-state index in [2.05, 4.69) is 66.5 Å². The highest BCUT2D eigenvalue weighted by atomic mass is 35.5. The smallest absolute Gasteiger partial charge is 0.123 e. The van der Waals surface area contributed by atoms with Gasteiger partial charge in [0.1, 0.15) is 11.4 Å². The van der Waals surface area contributed by atoms with E-state index in [1.165, 1.54) is 49.7 Å². The van der Waals surface area contributed by atoms with E-state index in [0.717, 1.165) is 25.3 Å². The van der Waals surface area contributed by atoms with Crippen LogP contribution in [0, 0.1) is 0 Å². The Morgan fingerprint density at radius 3 is 2.63 bits per heavy atom. The van der Waals surface area contributed by atoms with Gasteiger partial charge in [-0.25, -0.2) is 0 Å². The van der Waals surface area contributed by atoms with Crippen molar-refractivity contribution >= 4 is 12.4 Å². The van der Waals surface area contributed by atoms with Crippen LogP contribution in [0.25, 0.3) is 0 Å². The van der Waals surface area contributed by atoms with Crippen LogP contribution in [0.1, 0.15) is 55.6 Å². The monoisotopic (exact) mass is 385 g/mol. The molecule has 0 spiro atoms. The summed E-state index contributed by atoms with van der Waals surface area (Å²) in [4.78, 5) is 2.48. The Balaban J connectivity index is 0.00000210. The number of likely N-dealkylation sites (N-methyl/N-ethyl adjacent to an activating group) is 1. The van der Waals surface area contributed by atoms with Crippen LogP contribution in [0.2, 0.25) is 0 Å². The quantitative estimate of drug-likeness (QED) is 0.592. The maximum Gasteiger partial charge on any atom is 0.123 e. The van der Waals surface area contributed by atoms with Gasteiger partial charge in [0, 0.05) is 18.0 Å². The summed E-state index contributed by atoms with van der Waals surface area (Å²) >= 11 is 0. The fourth-order valence-electron chi connectivity index (χ4n) is 4.93. The molecule has 3 heteroatoms. The van der Waals surface area contributed by atoms with Gasteiger partial charge in [-0.3, -0.25) is 0 Å². The molecule has 1 aliphatic carbocycles. The number of hydrogen-bond donors (Lipinski definition) is 0. The molecule has 0 aromatic heterocycles. The van der Waals surface area contributed by atoms with Crippen molar-refractivity contribution in [2.75, 3.05) is 20.1 Å². The predicted octanol–water partition coefficient (Wildman–Crippen LogP) is 5.85. The summed E-state index contributed by atoms with van der Waals surface area (Å²) in [5.41, 5.74) is 2.96. The van der Waals surface area contributed by atoms with Crippen molar-refractivity contribution in [1.29, 1.82) is 0 Å². The Morgan fingerprint density at radius 2 is 1.78 bits per heavy atom. The number of halogens is 1. The zero-order valence-corrected chi connectivity index (χ0v) is 17.2. The van der Waals surface area contributed by atoms with Crippen molar-refractivity contribution in [3.05, 3.63) is 65.7 Å². The van der Waals surface area contributed by atoms with Crippen LogP contribution in [0.4, 0.5) is 0 Å². The van der Waals surface area contributed by atoms with Gasteiger partial charge in [0.25, 0.3) is 0 Å². The second-order valence-electron chi connectivity index (χ2n) is 8.15. The van der Waals surface area contributed by atoms with E-state index >= 15 is 0 Å². The number of ether oxygens (including phenoxy) is 1. The lowest BCUT2D eigenvalue weighted by Gasteiger charge is -2.39. The second-order valence-corrected chi connectivity index (χ2v) is 8.15. The molecule has 2 aromatic carbocycles. The Bertz CT molecular complexity index is 719. The van der Waals surface area contributed by atoms with Crippen molar-refractivity contribution in [3.8, 4) is 5.75 Å². The first-order chi connectivity index (χ1) is 12.8. The molecule has 2 atom stereocenters. The number of para-hydroxylation sites is 1. The molecule has 0 amide bonds. The molecule has 2 aliphatic rings. The van der Waals surface area contributed by atoms with Crippen LogP contribution in [-0.2, 0) is 6.42 Å². The summed E-state index contributed by atoms with van der Waals surface area (Å²) in [5, 5.41) is 0. The van der Waals surface area contributed by atoms with E-state index in [0.29, 0.717) is 5.92 Å². The average molecular weight is 386 g/mol. The number of nitrogens with zero attached hydrogens (tertiary/aromatic N) is 1. The standard InChI is InChI=1S/C24H31NO.ClH/c1-25(19-15-20-10-3-2-4-11-20)18-9-17-24-16-8-7-13-22(24)21-12-5-6-14-23(21)26-24;/h2-6,10-12,14,22H,7-9,13,15-19H2,1H3;1H/t22-,24+;/m1./s1. The number of fused-ring (bicyclic) bond motifs is 3. The molecule has 2 nitrogen and oxygen atoms in total. The minimum atomic E-state index is 0. The first kappa shape index (κ1) is 20.2. The van der Waals surface area contributed by atoms with Crippen molar-refractivity contribution in [1.82, 2.24) is 4.90 Å². The Morgan fingerprint density at radius 1 is 1.00 bits per heavy atom. The third-order valence-corrected chi connectivity index (χ3v) is 6.35. The van der Waals surface area contributed by atoms with Gasteiger partial charge in [-0.15, -0.1) is 12.4 Å². The third kappa shape index (κ3) is 4.50. The Labute approximate surface area is 170 Å². The van der Waals surface area contributed by atoms with Crippen LogP contribution in [0.15, 0.2) is 54.6 Å². The minimum Gasteiger partial charge on any atom is -0.486 e. The summed E-state index contributed by atoms with van der Waals surface area (Å²) in [6.45, 7) is 2.28. The fourth-order valence-corrected chi connectivity index (χ4v) is 4.93. The van der Waals surface area contributed by atoms with Crippen molar-refractivity contribution in [3.63, 3.8) is 0 Å². The highest BCUT2D eigenvalue weighted by molar-refractivity contribution is 5.85. The van der Waals surface area contributed by atoms with Crippen LogP contribution in [-0.4, -0.2) is 30.6 Å². The van der Waals surface area contributed by atoms with E-state index in [-0.39, 0.29) is 18.0 Å². The van der Waals surface area contributed by atoms with Gasteiger partial charge in [-0.05, 0) is 63.7 Å². The van der Waals surface area contributed by atoms with E-state index in [9.17, 15) is 0 Å². The number of benzene rings is 2. The lowest BCUT2D eigenvalue weighted by atomic mass is 9.71. The molecule has 2 aromatic rings. The summed E-state index contributed by atoms with van der Waals surface area (Å²) in [6.07, 6.45) is 8.71. The third-order valence-electron chi connectivity index (χ3n) is 6.35. The molecular weight excluding hydrogens is 354 g/mol. The SMILES string of the molecule is CN(CCC[C@@]12CCCC[C@@H]1c1ccccc1O2)CCc1ccccc1.Cl. The van der Waals surface area contributed by atoms with Gasteiger partial charge in [-0.1, -0.05) is 55.0 Å². The van der Waals surface area contributed by atoms with Crippen LogP contribution < -0.4 is 4.74 Å². The van der Waals surface area contributed by atoms with Crippen molar-refractivity contribution in [2.45, 2.75) is 56.5 Å². The van der Waals surface area contributed by atoms with E-state index in [4.69, 9.17) is 4.74 Å². The van der Waals surface area contributed by atoms with Gasteiger partial charge in [0.15, 0.2) is 0 Å². The average Bonchev–Trinajstić information content (AvgIpc) is 3.01. The molecule has 146 valence electrons. The molecule has 0 radical (unpaired) electrons. The minimum absolute atomic E-state index is 0. The largest absolute Gasteiger partial charge is 0.486 e. The molecule has 4 rings (SSSR count). The van der Waals surface area contributed by atoms with E-state index in [1.807, 2.05) is 0 Å². The fraction of sp³-hybridized carbons (Fsp3) is 0.500. The van der Waals surface area contributed by atoms with Gasteiger partial charge < -0.3 is 9.64 Å². The molecular formula is C24H32ClNO. The Kier molecular flexibility index (Phi) is 6.83. The summed E-state index contributed by atoms with van der Waals surface area (Å²) in [5.74, 6) is 1.76. The molecule has 27 heavy (non-hydrogen) atoms. The summed E-state index contributed by atoms with van der Waals surface area (Å²) in [7, 11) is 2.25. The van der Waals surface area contributed by atoms with E-state index < -0.39 is 0 Å². The molecule has 1 saturated carbocycles. The molecule has 0 N–H and O–H groups in total. The van der Waals surface area contributed by atoms with Crippen molar-refractivity contribution in [2.24, 2.45) is 0 Å². The van der Waals surface area contributed by atoms with Gasteiger partial charge in [0.05, 0.1) is 0 Å². The molecule has 0 saturated heterocycles. The van der Waals surface area contributed by atoms with E-state index in [1.54, 1.807) is 0 Å². The molecule has 0 bridgehead atoms. The summed E-state index contributed by atoms with van der Waals surface area (Å²) < 4.78 is 6.59. The zero-order valence-electron chi connectivity index (χ0n) is 16.4. The highest BCUT2D eigenvalue weighted by Gasteiger charge is 2.48. The lowest BCUT2D eigenvalue weighted by Crippen LogP contribution is -2.41. The van der Waals surface area contributed by atoms with Gasteiger partial charge >= 0.3 is 0 Å². The van der Waals surface area contributed by atoms with Crippen LogP contribution in [0.5, 0.6) is 5.75 Å². The van der Waals surface area contributed by atoms with Crippen LogP contribution >= 0.6 is 12.4 Å². The second kappa shape index (κ2) is 9.12. The molecule has 1 fully saturated rings. The maximum atomic E-state index is 6.59. The lowest BCUT2D eigenvalue weighted by molar-refractivity contribution is 0.0235. The molecule has 1 aliphatic heterocycles. The van der Waals surface area contributed by atoms with Gasteiger partial charge in [-0.2, -0.15) is 0 Å². The normalized spacial score (nSPS) is 23.3. The Hall–Kier alpha value is -1.51. The van der Waals surface area contributed by atoms with Crippen LogP contribution in [0.3, 0.4) is 0 Å². The first-order valence-electron chi connectivity index (χ1n) is 10.3.